The van der Waals surface area contributed by atoms with Gasteiger partial charge in [0.05, 0.1) is 38.1 Å². The highest BCUT2D eigenvalue weighted by atomic mass is 35.5. The zero-order valence-corrected chi connectivity index (χ0v) is 23.1. The number of anilines is 1. The van der Waals surface area contributed by atoms with Gasteiger partial charge in [0.15, 0.2) is 11.0 Å². The summed E-state index contributed by atoms with van der Waals surface area (Å²) >= 11 is 7.47. The molecule has 2 amide bonds. The number of methoxy groups -OCH3 is 1. The van der Waals surface area contributed by atoms with Gasteiger partial charge < -0.3 is 20.1 Å². The first kappa shape index (κ1) is 28.0. The summed E-state index contributed by atoms with van der Waals surface area (Å²) in [5.74, 6) is 1.73. The molecular weight excluding hydrogens is 538 g/mol. The van der Waals surface area contributed by atoms with Crippen LogP contribution >= 0.6 is 23.4 Å². The van der Waals surface area contributed by atoms with Crippen molar-refractivity contribution in [3.05, 3.63) is 89.2 Å². The molecule has 0 radical (unpaired) electrons. The third-order valence-electron chi connectivity index (χ3n) is 5.52. The summed E-state index contributed by atoms with van der Waals surface area (Å²) in [7, 11) is 1.60. The molecule has 11 heteroatoms. The number of rotatable bonds is 12. The minimum atomic E-state index is -0.195. The molecule has 0 atom stereocenters. The van der Waals surface area contributed by atoms with Crippen molar-refractivity contribution in [1.29, 1.82) is 0 Å². The third kappa shape index (κ3) is 7.98. The number of thioether (sulfide) groups is 1. The molecule has 0 spiro atoms. The number of carbonyl (C=O) groups excluding carboxylic acids is 2. The van der Waals surface area contributed by atoms with Crippen LogP contribution in [0.5, 0.6) is 11.5 Å². The van der Waals surface area contributed by atoms with Crippen molar-refractivity contribution in [2.75, 3.05) is 24.8 Å². The number of nitrogens with zero attached hydrogens (tertiary/aromatic N) is 3. The van der Waals surface area contributed by atoms with Gasteiger partial charge in [-0.25, -0.2) is 0 Å². The summed E-state index contributed by atoms with van der Waals surface area (Å²) in [5, 5.41) is 15.4. The summed E-state index contributed by atoms with van der Waals surface area (Å²) in [6, 6.07) is 21.7. The highest BCUT2D eigenvalue weighted by Crippen LogP contribution is 2.25. The first-order chi connectivity index (χ1) is 18.9. The summed E-state index contributed by atoms with van der Waals surface area (Å²) in [4.78, 5) is 25.2. The Kier molecular flexibility index (Phi) is 9.82. The average molecular weight is 566 g/mol. The molecule has 0 aliphatic heterocycles. The molecule has 0 aliphatic carbocycles. The van der Waals surface area contributed by atoms with Gasteiger partial charge >= 0.3 is 0 Å². The zero-order valence-electron chi connectivity index (χ0n) is 21.5. The fourth-order valence-electron chi connectivity index (χ4n) is 3.68. The molecule has 1 heterocycles. The van der Waals surface area contributed by atoms with Crippen LogP contribution < -0.4 is 20.1 Å². The lowest BCUT2D eigenvalue weighted by atomic mass is 10.1. The van der Waals surface area contributed by atoms with Crippen LogP contribution in [0.3, 0.4) is 0 Å². The van der Waals surface area contributed by atoms with Crippen LogP contribution in [0.4, 0.5) is 5.69 Å². The lowest BCUT2D eigenvalue weighted by Gasteiger charge is -2.12. The summed E-state index contributed by atoms with van der Waals surface area (Å²) in [6.45, 7) is 2.63. The van der Waals surface area contributed by atoms with E-state index in [-0.39, 0.29) is 30.5 Å². The second-order valence-corrected chi connectivity index (χ2v) is 9.69. The molecule has 0 fully saturated rings. The van der Waals surface area contributed by atoms with Gasteiger partial charge in [-0.2, -0.15) is 0 Å². The molecule has 0 saturated heterocycles. The first-order valence-corrected chi connectivity index (χ1v) is 13.6. The predicted octanol–water partition coefficient (Wildman–Crippen LogP) is 4.92. The highest BCUT2D eigenvalue weighted by Gasteiger charge is 2.17. The number of carbonyl (C=O) groups is 2. The molecule has 202 valence electrons. The van der Waals surface area contributed by atoms with Gasteiger partial charge in [-0.05, 0) is 67.1 Å². The van der Waals surface area contributed by atoms with E-state index in [0.29, 0.717) is 28.3 Å². The van der Waals surface area contributed by atoms with Crippen LogP contribution in [0.25, 0.3) is 5.69 Å². The maximum absolute atomic E-state index is 12.6. The van der Waals surface area contributed by atoms with E-state index in [1.165, 1.54) is 11.8 Å². The van der Waals surface area contributed by atoms with E-state index in [9.17, 15) is 9.59 Å². The topological polar surface area (TPSA) is 107 Å². The van der Waals surface area contributed by atoms with Gasteiger partial charge in [-0.15, -0.1) is 10.2 Å². The molecule has 9 nitrogen and oxygen atoms in total. The third-order valence-corrected chi connectivity index (χ3v) is 6.68. The summed E-state index contributed by atoms with van der Waals surface area (Å²) < 4.78 is 12.4. The SMILES string of the molecule is CCOc1ccc(NC(=O)CSc2nnc(CNC(=O)Cc3ccc(OC)cc3)n2-c2cccc(Cl)c2)cc1. The fraction of sp³-hybridized carbons (Fsp3) is 0.214. The molecule has 39 heavy (non-hydrogen) atoms. The number of hydrogen-bond donors (Lipinski definition) is 2. The van der Waals surface area contributed by atoms with Crippen molar-refractivity contribution < 1.29 is 19.1 Å². The van der Waals surface area contributed by atoms with E-state index < -0.39 is 0 Å². The molecular formula is C28H28ClN5O4S. The summed E-state index contributed by atoms with van der Waals surface area (Å²) in [5.41, 5.74) is 2.25. The standard InChI is InChI=1S/C28H28ClN5O4S/c1-3-38-24-13-9-21(10-14-24)31-27(36)18-39-28-33-32-25(34(28)22-6-4-5-20(29)16-22)17-30-26(35)15-19-7-11-23(37-2)12-8-19/h4-14,16H,3,15,17-18H2,1-2H3,(H,30,35)(H,31,36). The maximum atomic E-state index is 12.6. The normalized spacial score (nSPS) is 10.6. The van der Waals surface area contributed by atoms with E-state index in [0.717, 1.165) is 22.7 Å². The number of benzene rings is 3. The van der Waals surface area contributed by atoms with E-state index in [1.807, 2.05) is 43.3 Å². The number of amides is 2. The Bertz CT molecular complexity index is 1410. The van der Waals surface area contributed by atoms with Crippen molar-refractivity contribution in [1.82, 2.24) is 20.1 Å². The van der Waals surface area contributed by atoms with Crippen LogP contribution in [0, 0.1) is 0 Å². The number of ether oxygens (including phenoxy) is 2. The van der Waals surface area contributed by atoms with E-state index >= 15 is 0 Å². The van der Waals surface area contributed by atoms with Gasteiger partial charge in [0, 0.05) is 10.7 Å². The Hall–Kier alpha value is -4.02. The quantitative estimate of drug-likeness (QED) is 0.235. The smallest absolute Gasteiger partial charge is 0.234 e. The van der Waals surface area contributed by atoms with Crippen LogP contribution in [0.15, 0.2) is 78.0 Å². The van der Waals surface area contributed by atoms with Gasteiger partial charge in [-0.1, -0.05) is 41.6 Å². The number of hydrogen-bond acceptors (Lipinski definition) is 7. The Balaban J connectivity index is 1.42. The molecule has 1 aromatic heterocycles. The fourth-order valence-corrected chi connectivity index (χ4v) is 4.64. The molecule has 4 aromatic rings. The number of halogens is 1. The van der Waals surface area contributed by atoms with Crippen molar-refractivity contribution in [2.24, 2.45) is 0 Å². The van der Waals surface area contributed by atoms with Gasteiger partial charge in [0.1, 0.15) is 11.5 Å². The van der Waals surface area contributed by atoms with Crippen molar-refractivity contribution in [3.63, 3.8) is 0 Å². The average Bonchev–Trinajstić information content (AvgIpc) is 3.35. The van der Waals surface area contributed by atoms with Crippen LogP contribution in [0.1, 0.15) is 18.3 Å². The van der Waals surface area contributed by atoms with Crippen LogP contribution in [-0.2, 0) is 22.6 Å². The molecule has 0 bridgehead atoms. The first-order valence-electron chi connectivity index (χ1n) is 12.2. The minimum absolute atomic E-state index is 0.107. The van der Waals surface area contributed by atoms with Crippen molar-refractivity contribution in [3.8, 4) is 17.2 Å². The lowest BCUT2D eigenvalue weighted by molar-refractivity contribution is -0.120. The Morgan fingerprint density at radius 2 is 1.72 bits per heavy atom. The van der Waals surface area contributed by atoms with E-state index in [1.54, 1.807) is 48.1 Å². The van der Waals surface area contributed by atoms with Crippen molar-refractivity contribution in [2.45, 2.75) is 25.0 Å². The molecule has 2 N–H and O–H groups in total. The molecule has 0 saturated carbocycles. The van der Waals surface area contributed by atoms with Crippen LogP contribution in [-0.4, -0.2) is 46.0 Å². The number of nitrogens with one attached hydrogen (secondary N) is 2. The van der Waals surface area contributed by atoms with E-state index in [2.05, 4.69) is 20.8 Å². The van der Waals surface area contributed by atoms with Gasteiger partial charge in [0.25, 0.3) is 0 Å². The number of aromatic nitrogens is 3. The second kappa shape index (κ2) is 13.7. The highest BCUT2D eigenvalue weighted by molar-refractivity contribution is 7.99. The van der Waals surface area contributed by atoms with E-state index in [4.69, 9.17) is 21.1 Å². The zero-order chi connectivity index (χ0) is 27.6. The Morgan fingerprint density at radius 1 is 0.974 bits per heavy atom. The Morgan fingerprint density at radius 3 is 2.41 bits per heavy atom. The summed E-state index contributed by atoms with van der Waals surface area (Å²) in [6.07, 6.45) is 0.211. The predicted molar refractivity (Wildman–Crippen MR) is 152 cm³/mol. The maximum Gasteiger partial charge on any atom is 0.234 e. The molecule has 0 unspecified atom stereocenters. The lowest BCUT2D eigenvalue weighted by Crippen LogP contribution is -2.26. The molecule has 0 aliphatic rings. The van der Waals surface area contributed by atoms with Crippen molar-refractivity contribution >= 4 is 40.9 Å². The van der Waals surface area contributed by atoms with Crippen LogP contribution in [0.2, 0.25) is 5.02 Å². The van der Waals surface area contributed by atoms with Gasteiger partial charge in [-0.3, -0.25) is 14.2 Å². The molecule has 3 aromatic carbocycles. The monoisotopic (exact) mass is 565 g/mol. The second-order valence-electron chi connectivity index (χ2n) is 8.31. The minimum Gasteiger partial charge on any atom is -0.497 e. The largest absolute Gasteiger partial charge is 0.497 e. The molecule has 4 rings (SSSR count). The Labute approximate surface area is 235 Å². The van der Waals surface area contributed by atoms with Gasteiger partial charge in [0.2, 0.25) is 11.8 Å².